The number of ether oxygens (including phenoxy) is 2. The number of hydrogen-bond acceptors (Lipinski definition) is 7. The highest BCUT2D eigenvalue weighted by molar-refractivity contribution is 7.85. The lowest BCUT2D eigenvalue weighted by Gasteiger charge is -2.20. The normalized spacial score (nSPS) is 13.5. The zero-order valence-electron chi connectivity index (χ0n) is 13.5. The second-order valence-corrected chi connectivity index (χ2v) is 7.30. The van der Waals surface area contributed by atoms with Crippen molar-refractivity contribution in [2.75, 3.05) is 19.5 Å². The van der Waals surface area contributed by atoms with Crippen LogP contribution in [0.1, 0.15) is 33.6 Å². The fourth-order valence-electron chi connectivity index (χ4n) is 1.46. The van der Waals surface area contributed by atoms with Gasteiger partial charge >= 0.3 is 5.97 Å². The van der Waals surface area contributed by atoms with Gasteiger partial charge in [-0.25, -0.2) is 0 Å². The van der Waals surface area contributed by atoms with Gasteiger partial charge in [-0.3, -0.25) is 13.8 Å². The van der Waals surface area contributed by atoms with E-state index in [4.69, 9.17) is 9.47 Å². The molecule has 1 unspecified atom stereocenters. The minimum absolute atomic E-state index is 0.0164. The molecule has 0 bridgehead atoms. The first-order valence-corrected chi connectivity index (χ1v) is 8.57. The number of esters is 1. The summed E-state index contributed by atoms with van der Waals surface area (Å²) in [7, 11) is -3.59. The van der Waals surface area contributed by atoms with E-state index in [0.29, 0.717) is 0 Å². The number of Topliss-reactive ketones (excluding diaryl/α,β-unsaturated/α-hetero) is 1. The Morgan fingerprint density at radius 3 is 2.32 bits per heavy atom. The van der Waals surface area contributed by atoms with Gasteiger partial charge < -0.3 is 9.47 Å². The van der Waals surface area contributed by atoms with Gasteiger partial charge in [0.25, 0.3) is 10.1 Å². The lowest BCUT2D eigenvalue weighted by molar-refractivity contribution is -0.157. The van der Waals surface area contributed by atoms with Gasteiger partial charge in [0.05, 0.1) is 19.5 Å². The largest absolute Gasteiger partial charge is 0.460 e. The van der Waals surface area contributed by atoms with Crippen molar-refractivity contribution >= 4 is 21.9 Å². The molecular weight excluding hydrogens is 312 g/mol. The molecule has 0 aliphatic heterocycles. The molecule has 0 heterocycles. The van der Waals surface area contributed by atoms with Crippen LogP contribution in [-0.2, 0) is 33.4 Å². The summed E-state index contributed by atoms with van der Waals surface area (Å²) in [5.41, 5.74) is -0.686. The third-order valence-corrected chi connectivity index (χ3v) is 2.79. The molecule has 0 radical (unpaired) electrons. The van der Waals surface area contributed by atoms with Crippen molar-refractivity contribution in [3.05, 3.63) is 12.7 Å². The molecule has 1 atom stereocenters. The summed E-state index contributed by atoms with van der Waals surface area (Å²) in [6, 6.07) is 0. The molecule has 0 saturated heterocycles. The maximum Gasteiger partial charge on any atom is 0.313 e. The van der Waals surface area contributed by atoms with Crippen LogP contribution in [0.2, 0.25) is 0 Å². The Labute approximate surface area is 131 Å². The topological polar surface area (TPSA) is 96.0 Å². The first-order valence-electron chi connectivity index (χ1n) is 6.76. The Balaban J connectivity index is 4.56. The molecule has 0 amide bonds. The van der Waals surface area contributed by atoms with Crippen molar-refractivity contribution in [3.63, 3.8) is 0 Å². The van der Waals surface area contributed by atoms with E-state index in [-0.39, 0.29) is 19.6 Å². The molecule has 0 saturated carbocycles. The van der Waals surface area contributed by atoms with E-state index in [2.05, 4.69) is 10.8 Å². The highest BCUT2D eigenvalue weighted by Crippen LogP contribution is 2.11. The van der Waals surface area contributed by atoms with E-state index < -0.39 is 40.0 Å². The summed E-state index contributed by atoms with van der Waals surface area (Å²) < 4.78 is 36.7. The van der Waals surface area contributed by atoms with Crippen LogP contribution in [0.3, 0.4) is 0 Å². The van der Waals surface area contributed by atoms with Gasteiger partial charge in [-0.2, -0.15) is 8.42 Å². The smallest absolute Gasteiger partial charge is 0.313 e. The molecule has 0 aliphatic carbocycles. The van der Waals surface area contributed by atoms with Crippen LogP contribution in [0, 0.1) is 0 Å². The number of hydrogen-bond donors (Lipinski definition) is 0. The third-order valence-electron chi connectivity index (χ3n) is 2.19. The Bertz CT molecular complexity index is 488. The highest BCUT2D eigenvalue weighted by Gasteiger charge is 2.25. The quantitative estimate of drug-likeness (QED) is 0.256. The summed E-state index contributed by atoms with van der Waals surface area (Å²) in [6.07, 6.45) is 0.980. The molecule has 0 aromatic carbocycles. The van der Waals surface area contributed by atoms with Crippen LogP contribution >= 0.6 is 0 Å². The zero-order chi connectivity index (χ0) is 17.4. The highest BCUT2D eigenvalue weighted by atomic mass is 32.2. The molecule has 8 heteroatoms. The summed E-state index contributed by atoms with van der Waals surface area (Å²) in [6.45, 7) is 8.45. The second kappa shape index (κ2) is 9.02. The molecular formula is C14H24O7S. The Morgan fingerprint density at radius 2 is 1.86 bits per heavy atom. The van der Waals surface area contributed by atoms with E-state index in [1.54, 1.807) is 20.8 Å². The van der Waals surface area contributed by atoms with Crippen molar-refractivity contribution in [2.24, 2.45) is 0 Å². The molecule has 7 nitrogen and oxygen atoms in total. The van der Waals surface area contributed by atoms with Gasteiger partial charge in [-0.15, -0.1) is 6.58 Å². The number of ketones is 1. The minimum atomic E-state index is -3.59. The molecule has 0 rings (SSSR count). The average Bonchev–Trinajstić information content (AvgIpc) is 2.29. The Morgan fingerprint density at radius 1 is 1.27 bits per heavy atom. The van der Waals surface area contributed by atoms with Gasteiger partial charge in [-0.1, -0.05) is 6.08 Å². The first-order chi connectivity index (χ1) is 9.94. The number of carbonyl (C=O) groups is 2. The average molecular weight is 336 g/mol. The Kier molecular flexibility index (Phi) is 8.50. The van der Waals surface area contributed by atoms with Crippen molar-refractivity contribution in [2.45, 2.75) is 45.3 Å². The van der Waals surface area contributed by atoms with Crippen LogP contribution < -0.4 is 0 Å². The van der Waals surface area contributed by atoms with Crippen LogP contribution in [0.5, 0.6) is 0 Å². The van der Waals surface area contributed by atoms with E-state index in [9.17, 15) is 18.0 Å². The third kappa shape index (κ3) is 11.4. The molecule has 0 aromatic heterocycles. The monoisotopic (exact) mass is 336 g/mol. The van der Waals surface area contributed by atoms with Crippen molar-refractivity contribution < 1.29 is 31.7 Å². The first kappa shape index (κ1) is 20.8. The standard InChI is InChI=1S/C14H24O7S/c1-6-8-19-12(7-9-20-22(5,17)18)11(15)10-13(16)21-14(2,3)4/h6,12H,1,7-10H2,2-5H3. The summed E-state index contributed by atoms with van der Waals surface area (Å²) in [5.74, 6) is -1.15. The van der Waals surface area contributed by atoms with Crippen molar-refractivity contribution in [1.82, 2.24) is 0 Å². The van der Waals surface area contributed by atoms with Gasteiger partial charge in [0.15, 0.2) is 5.78 Å². The molecule has 0 spiro atoms. The van der Waals surface area contributed by atoms with E-state index in [1.165, 1.54) is 6.08 Å². The lowest BCUT2D eigenvalue weighted by atomic mass is 10.1. The van der Waals surface area contributed by atoms with Gasteiger partial charge in [0, 0.05) is 6.42 Å². The van der Waals surface area contributed by atoms with Crippen LogP contribution in [0.4, 0.5) is 0 Å². The second-order valence-electron chi connectivity index (χ2n) is 5.65. The van der Waals surface area contributed by atoms with E-state index in [1.807, 2.05) is 0 Å². The maximum absolute atomic E-state index is 12.0. The fourth-order valence-corrected chi connectivity index (χ4v) is 1.86. The van der Waals surface area contributed by atoms with Crippen LogP contribution in [-0.4, -0.2) is 51.3 Å². The molecule has 0 aliphatic rings. The predicted molar refractivity (Wildman–Crippen MR) is 80.8 cm³/mol. The number of rotatable bonds is 10. The molecule has 0 aromatic rings. The van der Waals surface area contributed by atoms with Crippen molar-refractivity contribution in [3.8, 4) is 0 Å². The Hall–Kier alpha value is -1.25. The van der Waals surface area contributed by atoms with Gasteiger partial charge in [0.1, 0.15) is 18.1 Å². The number of carbonyl (C=O) groups excluding carboxylic acids is 2. The summed E-state index contributed by atoms with van der Waals surface area (Å²) in [4.78, 5) is 23.7. The molecule has 0 fully saturated rings. The fraction of sp³-hybridized carbons (Fsp3) is 0.714. The van der Waals surface area contributed by atoms with Gasteiger partial charge in [0.2, 0.25) is 0 Å². The zero-order valence-corrected chi connectivity index (χ0v) is 14.3. The van der Waals surface area contributed by atoms with Crippen LogP contribution in [0.25, 0.3) is 0 Å². The maximum atomic E-state index is 12.0. The van der Waals surface area contributed by atoms with Crippen molar-refractivity contribution in [1.29, 1.82) is 0 Å². The lowest BCUT2D eigenvalue weighted by Crippen LogP contribution is -2.31. The van der Waals surface area contributed by atoms with E-state index in [0.717, 1.165) is 6.26 Å². The summed E-state index contributed by atoms with van der Waals surface area (Å²) >= 11 is 0. The van der Waals surface area contributed by atoms with Gasteiger partial charge in [-0.05, 0) is 20.8 Å². The molecule has 128 valence electrons. The SMILES string of the molecule is C=CCOC(CCOS(C)(=O)=O)C(=O)CC(=O)OC(C)(C)C. The predicted octanol–water partition coefficient (Wildman–Crippen LogP) is 1.22. The summed E-state index contributed by atoms with van der Waals surface area (Å²) in [5, 5.41) is 0. The molecule has 0 N–H and O–H groups in total. The molecule has 22 heavy (non-hydrogen) atoms. The van der Waals surface area contributed by atoms with E-state index >= 15 is 0 Å². The van der Waals surface area contributed by atoms with Crippen LogP contribution in [0.15, 0.2) is 12.7 Å². The minimum Gasteiger partial charge on any atom is -0.460 e.